The lowest BCUT2D eigenvalue weighted by Crippen LogP contribution is -2.04. The summed E-state index contributed by atoms with van der Waals surface area (Å²) in [7, 11) is 12.1. The van der Waals surface area contributed by atoms with Gasteiger partial charge in [0.1, 0.15) is 15.7 Å². The molecule has 0 aliphatic heterocycles. The maximum Gasteiger partial charge on any atom is 0.220 e. The van der Waals surface area contributed by atoms with Crippen molar-refractivity contribution in [2.24, 2.45) is 0 Å². The second-order valence-corrected chi connectivity index (χ2v) is 5.83. The van der Waals surface area contributed by atoms with Gasteiger partial charge in [-0.05, 0) is 38.1 Å². The molecule has 0 aliphatic carbocycles. The average Bonchev–Trinajstić information content (AvgIpc) is 3.16. The zero-order valence-corrected chi connectivity index (χ0v) is 15.1. The number of nitrogens with zero attached hydrogens (tertiary/aromatic N) is 3. The van der Waals surface area contributed by atoms with E-state index in [1.807, 2.05) is 67.0 Å². The van der Waals surface area contributed by atoms with E-state index < -0.39 is 0 Å². The van der Waals surface area contributed by atoms with Gasteiger partial charge in [0.2, 0.25) is 5.78 Å². The fraction of sp³-hybridized carbons (Fsp3) is 0.0952. The third kappa shape index (κ3) is 2.70. The number of imidazole rings is 2. The fourth-order valence-corrected chi connectivity index (χ4v) is 3.11. The molecule has 0 unspecified atom stereocenters. The molecule has 0 N–H and O–H groups in total. The van der Waals surface area contributed by atoms with Gasteiger partial charge in [0.25, 0.3) is 0 Å². The van der Waals surface area contributed by atoms with Gasteiger partial charge in [-0.25, -0.2) is 4.98 Å². The maximum atomic E-state index is 6.15. The first-order valence-electron chi connectivity index (χ1n) is 8.40. The highest BCUT2D eigenvalue weighted by atomic mass is 15.2. The van der Waals surface area contributed by atoms with Crippen LogP contribution in [0.4, 0.5) is 0 Å². The van der Waals surface area contributed by atoms with Crippen molar-refractivity contribution in [1.82, 2.24) is 14.0 Å². The van der Waals surface area contributed by atoms with E-state index in [0.717, 1.165) is 33.9 Å². The molecular formula is C21H19B2N3. The number of rotatable bonds is 5. The largest absolute Gasteiger partial charge is 0.279 e. The smallest absolute Gasteiger partial charge is 0.220 e. The van der Waals surface area contributed by atoms with Crippen LogP contribution in [0, 0.1) is 0 Å². The standard InChI is InChI=1S/C21H19B2N3/c1-5-10-18-17(8-4)25(15(7-3)13-14(22)6-2)21-24-20-16(23)11-9-12-19(20)26(18)21/h5-13H,2,4H2,1,3H3/b10-5-,14-13+,15-7+. The molecule has 124 valence electrons. The Bertz CT molecular complexity index is 1110. The molecule has 3 nitrogen and oxygen atoms in total. The van der Waals surface area contributed by atoms with Crippen molar-refractivity contribution >= 4 is 55.8 Å². The summed E-state index contributed by atoms with van der Waals surface area (Å²) in [5.74, 6) is 0.752. The zero-order valence-electron chi connectivity index (χ0n) is 15.1. The van der Waals surface area contributed by atoms with Crippen molar-refractivity contribution in [3.63, 3.8) is 0 Å². The minimum absolute atomic E-state index is 0.572. The minimum atomic E-state index is 0.572. The van der Waals surface area contributed by atoms with Crippen molar-refractivity contribution in [2.75, 3.05) is 0 Å². The molecule has 0 bridgehead atoms. The molecule has 3 aromatic rings. The van der Waals surface area contributed by atoms with Gasteiger partial charge in [-0.2, -0.15) is 0 Å². The van der Waals surface area contributed by atoms with Crippen LogP contribution in [-0.2, 0) is 0 Å². The van der Waals surface area contributed by atoms with Crippen molar-refractivity contribution in [2.45, 2.75) is 13.8 Å². The van der Waals surface area contributed by atoms with E-state index >= 15 is 0 Å². The molecule has 3 rings (SSSR count). The van der Waals surface area contributed by atoms with E-state index in [1.54, 1.807) is 6.08 Å². The van der Waals surface area contributed by atoms with Crippen molar-refractivity contribution in [1.29, 1.82) is 0 Å². The fourth-order valence-electron chi connectivity index (χ4n) is 3.11. The predicted octanol–water partition coefficient (Wildman–Crippen LogP) is 3.86. The molecule has 0 fully saturated rings. The molecule has 0 saturated heterocycles. The first-order valence-corrected chi connectivity index (χ1v) is 8.40. The highest BCUT2D eigenvalue weighted by molar-refractivity contribution is 6.38. The highest BCUT2D eigenvalue weighted by Gasteiger charge is 2.20. The van der Waals surface area contributed by atoms with E-state index in [-0.39, 0.29) is 0 Å². The van der Waals surface area contributed by atoms with Gasteiger partial charge in [0.15, 0.2) is 0 Å². The normalized spacial score (nSPS) is 13.2. The van der Waals surface area contributed by atoms with E-state index in [9.17, 15) is 0 Å². The summed E-state index contributed by atoms with van der Waals surface area (Å²) in [4.78, 5) is 4.81. The van der Waals surface area contributed by atoms with Gasteiger partial charge in [-0.3, -0.25) is 8.97 Å². The molecule has 0 aliphatic rings. The number of hydrogen-bond acceptors (Lipinski definition) is 1. The van der Waals surface area contributed by atoms with Crippen LogP contribution in [0.25, 0.3) is 34.7 Å². The molecule has 0 amide bonds. The van der Waals surface area contributed by atoms with Crippen LogP contribution in [0.5, 0.6) is 0 Å². The number of benzene rings is 1. The highest BCUT2D eigenvalue weighted by Crippen LogP contribution is 2.28. The van der Waals surface area contributed by atoms with Gasteiger partial charge >= 0.3 is 0 Å². The van der Waals surface area contributed by atoms with Crippen LogP contribution in [0.2, 0.25) is 0 Å². The van der Waals surface area contributed by atoms with Gasteiger partial charge < -0.3 is 0 Å². The number of aromatic nitrogens is 3. The lowest BCUT2D eigenvalue weighted by atomic mass is 9.94. The Kier molecular flexibility index (Phi) is 4.90. The lowest BCUT2D eigenvalue weighted by Gasteiger charge is -2.09. The Hall–Kier alpha value is -2.94. The van der Waals surface area contributed by atoms with E-state index in [0.29, 0.717) is 10.9 Å². The molecule has 1 aromatic carbocycles. The first-order chi connectivity index (χ1) is 12.6. The molecule has 4 radical (unpaired) electrons. The van der Waals surface area contributed by atoms with Crippen molar-refractivity contribution < 1.29 is 0 Å². The van der Waals surface area contributed by atoms with Crippen LogP contribution in [-0.4, -0.2) is 29.6 Å². The predicted molar refractivity (Wildman–Crippen MR) is 115 cm³/mol. The molecule has 26 heavy (non-hydrogen) atoms. The van der Waals surface area contributed by atoms with Crippen molar-refractivity contribution in [3.05, 3.63) is 72.5 Å². The Labute approximate surface area is 156 Å². The van der Waals surface area contributed by atoms with Gasteiger partial charge in [-0.15, -0.1) is 0 Å². The third-order valence-electron chi connectivity index (χ3n) is 4.26. The van der Waals surface area contributed by atoms with Crippen LogP contribution >= 0.6 is 0 Å². The topological polar surface area (TPSA) is 22.2 Å². The number of allylic oxidation sites excluding steroid dienone is 6. The van der Waals surface area contributed by atoms with E-state index in [1.165, 1.54) is 0 Å². The van der Waals surface area contributed by atoms with Crippen LogP contribution in [0.1, 0.15) is 25.2 Å². The average molecular weight is 335 g/mol. The second-order valence-electron chi connectivity index (χ2n) is 5.83. The van der Waals surface area contributed by atoms with Gasteiger partial charge in [0, 0.05) is 5.70 Å². The summed E-state index contributed by atoms with van der Waals surface area (Å²) in [6, 6.07) is 5.80. The van der Waals surface area contributed by atoms with Crippen LogP contribution in [0.3, 0.4) is 0 Å². The molecule has 5 heteroatoms. The SMILES string of the molecule is [B]/C(C=C)=C/C(=C\C)n1c(C=C)c(/C=C\C)n2c3cccc([B])c3nc12. The van der Waals surface area contributed by atoms with Crippen LogP contribution < -0.4 is 5.46 Å². The molecule has 0 atom stereocenters. The number of para-hydroxylation sites is 1. The quantitative estimate of drug-likeness (QED) is 0.513. The summed E-state index contributed by atoms with van der Waals surface area (Å²) >= 11 is 0. The van der Waals surface area contributed by atoms with Crippen molar-refractivity contribution in [3.8, 4) is 0 Å². The molecule has 0 saturated carbocycles. The lowest BCUT2D eigenvalue weighted by molar-refractivity contribution is 1.10. The molecule has 0 spiro atoms. The summed E-state index contributed by atoms with van der Waals surface area (Å²) in [5.41, 5.74) is 5.73. The third-order valence-corrected chi connectivity index (χ3v) is 4.26. The zero-order chi connectivity index (χ0) is 18.8. The Morgan fingerprint density at radius 2 is 1.96 bits per heavy atom. The number of hydrogen-bond donors (Lipinski definition) is 0. The van der Waals surface area contributed by atoms with Gasteiger partial charge in [0.05, 0.1) is 22.4 Å². The first kappa shape index (κ1) is 17.9. The summed E-state index contributed by atoms with van der Waals surface area (Å²) in [6.45, 7) is 11.7. The Morgan fingerprint density at radius 1 is 1.19 bits per heavy atom. The monoisotopic (exact) mass is 335 g/mol. The summed E-state index contributed by atoms with van der Waals surface area (Å²) in [6.07, 6.45) is 11.3. The maximum absolute atomic E-state index is 6.15. The Balaban J connectivity index is 2.53. The second kappa shape index (κ2) is 7.12. The molecule has 2 aromatic heterocycles. The summed E-state index contributed by atoms with van der Waals surface area (Å²) < 4.78 is 4.11. The molecule has 2 heterocycles. The Morgan fingerprint density at radius 3 is 2.58 bits per heavy atom. The molecular weight excluding hydrogens is 316 g/mol. The van der Waals surface area contributed by atoms with E-state index in [2.05, 4.69) is 17.6 Å². The number of fused-ring (bicyclic) bond motifs is 3. The van der Waals surface area contributed by atoms with Crippen LogP contribution in [0.15, 0.2) is 61.1 Å². The van der Waals surface area contributed by atoms with Gasteiger partial charge in [-0.1, -0.05) is 54.5 Å². The summed E-state index contributed by atoms with van der Waals surface area (Å²) in [5, 5.41) is 0. The van der Waals surface area contributed by atoms with E-state index in [4.69, 9.17) is 20.7 Å². The minimum Gasteiger partial charge on any atom is -0.279 e.